The predicted octanol–water partition coefficient (Wildman–Crippen LogP) is 6.48. The number of ether oxygens (including phenoxy) is 5. The Hall–Kier alpha value is -3.60. The number of halogens is 6. The number of carbonyl (C=O) groups excluding carboxylic acids is 1. The molecule has 262 valence electrons. The van der Waals surface area contributed by atoms with Crippen molar-refractivity contribution in [2.45, 2.75) is 43.8 Å². The fourth-order valence-corrected chi connectivity index (χ4v) is 5.76. The van der Waals surface area contributed by atoms with Crippen LogP contribution in [0.2, 0.25) is 0 Å². The van der Waals surface area contributed by atoms with Crippen LogP contribution >= 0.6 is 20.6 Å². The number of hydrogen-bond donors (Lipinski definition) is 0. The molecule has 21 heteroatoms. The standard InChI is InChI=1S/C27H28F6N5O8PS/c1-34-9-11-43-47(3)46-18-12-21(45-20(18)14-40-2)37-13-19-23(36-25(37)48)38(24(39)26(28,29)30)22-16(6-4-7-17(22)44-19)41-10-5-8-35-15-42-27(31,32)33/h4,6-7,13,15,18,20-21H,5,8-12,14H2,2-3H3/t18-,20-,21-,47?/m1/s1/i2TD/t2?,18-,20-,21-,47?. The number of carbonyl (C=O) groups is 1. The van der Waals surface area contributed by atoms with E-state index in [4.69, 9.17) is 49.5 Å². The summed E-state index contributed by atoms with van der Waals surface area (Å²) >= 11 is 5.41. The highest BCUT2D eigenvalue weighted by atomic mass is 32.1. The van der Waals surface area contributed by atoms with Crippen LogP contribution in [0.4, 0.5) is 37.8 Å². The van der Waals surface area contributed by atoms with Gasteiger partial charge < -0.3 is 37.6 Å². The molecule has 1 amide bonds. The van der Waals surface area contributed by atoms with Crippen LogP contribution in [-0.4, -0.2) is 93.2 Å². The lowest BCUT2D eigenvalue weighted by Gasteiger charge is -2.32. The third-order valence-corrected chi connectivity index (χ3v) is 7.84. The number of rotatable bonds is 14. The Morgan fingerprint density at radius 1 is 1.33 bits per heavy atom. The van der Waals surface area contributed by atoms with Crippen LogP contribution in [-0.2, 0) is 28.1 Å². The zero-order valence-corrected chi connectivity index (χ0v) is 26.5. The topological polar surface area (TPSA) is 119 Å². The molecule has 1 fully saturated rings. The molecule has 5 atom stereocenters. The fraction of sp³-hybridized carbons (Fsp3) is 0.519. The minimum atomic E-state index is -5.39. The lowest BCUT2D eigenvalue weighted by molar-refractivity contribution is -0.280. The summed E-state index contributed by atoms with van der Waals surface area (Å²) in [5, 5.41) is 0. The summed E-state index contributed by atoms with van der Waals surface area (Å²) in [5.74, 6) is -3.71. The molecule has 1 aromatic carbocycles. The van der Waals surface area contributed by atoms with E-state index in [1.165, 1.54) is 29.0 Å². The van der Waals surface area contributed by atoms with Crippen molar-refractivity contribution in [2.75, 3.05) is 51.5 Å². The van der Waals surface area contributed by atoms with Gasteiger partial charge in [-0.2, -0.15) is 18.2 Å². The van der Waals surface area contributed by atoms with Gasteiger partial charge in [-0.1, -0.05) is 6.07 Å². The smallest absolute Gasteiger partial charge is 0.491 e. The van der Waals surface area contributed by atoms with Gasteiger partial charge in [0.1, 0.15) is 30.4 Å². The third kappa shape index (κ3) is 9.51. The summed E-state index contributed by atoms with van der Waals surface area (Å²) in [5.41, 5.74) is -0.441. The molecule has 2 aromatic rings. The van der Waals surface area contributed by atoms with Gasteiger partial charge >= 0.3 is 18.4 Å². The van der Waals surface area contributed by atoms with Gasteiger partial charge in [0.25, 0.3) is 0 Å². The number of anilines is 2. The lowest BCUT2D eigenvalue weighted by Crippen LogP contribution is -2.40. The van der Waals surface area contributed by atoms with Crippen LogP contribution in [0.1, 0.15) is 21.8 Å². The Morgan fingerprint density at radius 3 is 2.83 bits per heavy atom. The number of amides is 1. The van der Waals surface area contributed by atoms with Crippen LogP contribution in [0, 0.1) is 11.3 Å². The molecule has 13 nitrogen and oxygen atoms in total. The number of benzene rings is 1. The predicted molar refractivity (Wildman–Crippen MR) is 159 cm³/mol. The van der Waals surface area contributed by atoms with E-state index in [-0.39, 0.29) is 79.1 Å². The van der Waals surface area contributed by atoms with Gasteiger partial charge in [-0.3, -0.25) is 14.4 Å². The van der Waals surface area contributed by atoms with Crippen LogP contribution < -0.4 is 14.4 Å². The van der Waals surface area contributed by atoms with Crippen molar-refractivity contribution < 1.29 is 66.6 Å². The summed E-state index contributed by atoms with van der Waals surface area (Å²) in [6, 6.07) is 3.93. The number of alkyl halides is 6. The highest BCUT2D eigenvalue weighted by molar-refractivity contribution is 7.71. The van der Waals surface area contributed by atoms with Crippen molar-refractivity contribution in [3.8, 4) is 17.2 Å². The summed E-state index contributed by atoms with van der Waals surface area (Å²) in [6.07, 6.45) is -11.3. The Labute approximate surface area is 278 Å². The van der Waals surface area contributed by atoms with Gasteiger partial charge in [0.2, 0.25) is 11.3 Å². The Kier molecular flexibility index (Phi) is 11.6. The maximum absolute atomic E-state index is 14.0. The average Bonchev–Trinajstić information content (AvgIpc) is 3.42. The minimum Gasteiger partial charge on any atom is -0.491 e. The van der Waals surface area contributed by atoms with E-state index in [0.717, 1.165) is 0 Å². The molecule has 3 heterocycles. The van der Waals surface area contributed by atoms with Crippen LogP contribution in [0.25, 0.3) is 4.85 Å². The van der Waals surface area contributed by atoms with Crippen molar-refractivity contribution in [2.24, 2.45) is 4.99 Å². The number of para-hydroxylation sites is 1. The largest absolute Gasteiger partial charge is 0.573 e. The normalized spacial score (nSPS) is 21.0. The second kappa shape index (κ2) is 16.2. The molecule has 1 aromatic heterocycles. The molecule has 0 saturated carbocycles. The average molecular weight is 731 g/mol. The third-order valence-electron chi connectivity index (χ3n) is 6.42. The minimum absolute atomic E-state index is 0.0238. The first-order valence-electron chi connectivity index (χ1n) is 14.9. The Balaban J connectivity index is 1.60. The van der Waals surface area contributed by atoms with Crippen molar-refractivity contribution in [3.63, 3.8) is 0 Å². The lowest BCUT2D eigenvalue weighted by atomic mass is 10.2. The second-order valence-electron chi connectivity index (χ2n) is 9.74. The molecule has 0 radical (unpaired) electrons. The molecule has 4 rings (SSSR count). The maximum Gasteiger partial charge on any atom is 0.573 e. The van der Waals surface area contributed by atoms with Gasteiger partial charge in [0.15, 0.2) is 32.1 Å². The first-order valence-corrected chi connectivity index (χ1v) is 15.8. The number of hydrogen-bond acceptors (Lipinski definition) is 11. The number of nitrogens with zero attached hydrogens (tertiary/aromatic N) is 5. The molecule has 0 bridgehead atoms. The molecular formula is C27H28F6N5O8PS. The molecule has 0 aliphatic carbocycles. The van der Waals surface area contributed by atoms with E-state index in [1.54, 1.807) is 6.66 Å². The number of methoxy groups -OCH3 is 1. The van der Waals surface area contributed by atoms with Crippen LogP contribution in [0.15, 0.2) is 29.4 Å². The molecule has 1 saturated heterocycles. The maximum atomic E-state index is 14.0. The van der Waals surface area contributed by atoms with Crippen molar-refractivity contribution in [3.05, 3.63) is 40.6 Å². The Morgan fingerprint density at radius 2 is 2.12 bits per heavy atom. The highest BCUT2D eigenvalue weighted by Gasteiger charge is 2.48. The molecule has 2 aliphatic heterocycles. The van der Waals surface area contributed by atoms with Gasteiger partial charge in [-0.25, -0.2) is 11.5 Å². The summed E-state index contributed by atoms with van der Waals surface area (Å²) in [4.78, 5) is 23.9. The van der Waals surface area contributed by atoms with E-state index in [9.17, 15) is 31.1 Å². The first-order chi connectivity index (χ1) is 23.6. The van der Waals surface area contributed by atoms with Crippen molar-refractivity contribution in [1.29, 1.82) is 0 Å². The van der Waals surface area contributed by atoms with Crippen LogP contribution in [0.5, 0.6) is 17.2 Å². The molecule has 2 unspecified atom stereocenters. The van der Waals surface area contributed by atoms with E-state index >= 15 is 0 Å². The zero-order chi connectivity index (χ0) is 36.6. The number of aromatic nitrogens is 2. The fourth-order valence-electron chi connectivity index (χ4n) is 4.50. The SMILES string of the molecule is [2H]C([3H])OC[C@H]1O[C@@H](n2cc3c(nc2=S)N(C(=O)C(F)(F)F)c2c(OCCCN=COC(F)(F)F)cccc2O3)C[C@H]1OP(C)OCC[N+]#[C-]. The van der Waals surface area contributed by atoms with Gasteiger partial charge in [-0.15, -0.1) is 13.2 Å². The molecule has 0 spiro atoms. The summed E-state index contributed by atoms with van der Waals surface area (Å²) in [7, 11) is -3.12. The molecule has 2 aliphatic rings. The first kappa shape index (κ1) is 34.3. The van der Waals surface area contributed by atoms with Gasteiger partial charge in [-0.05, 0) is 24.4 Å². The summed E-state index contributed by atoms with van der Waals surface area (Å²) < 4.78 is 131. The van der Waals surface area contributed by atoms with E-state index < -0.39 is 63.8 Å². The van der Waals surface area contributed by atoms with E-state index in [1.807, 2.05) is 0 Å². The van der Waals surface area contributed by atoms with E-state index in [2.05, 4.69) is 19.6 Å². The second-order valence-corrected chi connectivity index (χ2v) is 11.4. The van der Waals surface area contributed by atoms with Gasteiger partial charge in [0.05, 0.1) is 28.3 Å². The molecular weight excluding hydrogens is 699 g/mol. The highest BCUT2D eigenvalue weighted by Crippen LogP contribution is 2.52. The van der Waals surface area contributed by atoms with Crippen molar-refractivity contribution >= 4 is 44.4 Å². The zero-order valence-electron chi connectivity index (χ0n) is 26.8. The van der Waals surface area contributed by atoms with Crippen LogP contribution in [0.3, 0.4) is 0 Å². The van der Waals surface area contributed by atoms with E-state index in [0.29, 0.717) is 0 Å². The monoisotopic (exact) mass is 730 g/mol. The van der Waals surface area contributed by atoms with Crippen molar-refractivity contribution in [1.82, 2.24) is 9.55 Å². The Bertz CT molecular complexity index is 1630. The summed E-state index contributed by atoms with van der Waals surface area (Å²) in [6.45, 7) is 8.14. The quantitative estimate of drug-likeness (QED) is 0.0407. The van der Waals surface area contributed by atoms with Gasteiger partial charge in [0, 0.05) is 33.1 Å². The molecule has 0 N–H and O–H groups in total. The molecule has 48 heavy (non-hydrogen) atoms. The number of aliphatic imine (C=N–C) groups is 1. The number of fused-ring (bicyclic) bond motifs is 2.